The molecule has 0 heterocycles. The SMILES string of the molecule is PC(CCNOCC1=CCCC=C1)c1ccc(Cl)c(Cl)c1. The Balaban J connectivity index is 1.67. The summed E-state index contributed by atoms with van der Waals surface area (Å²) in [7, 11) is 2.83. The first-order valence-electron chi connectivity index (χ1n) is 7.07. The van der Waals surface area contributed by atoms with Crippen LogP contribution in [0.15, 0.2) is 42.0 Å². The van der Waals surface area contributed by atoms with Gasteiger partial charge in [0.2, 0.25) is 0 Å². The fraction of sp³-hybridized carbons (Fsp3) is 0.375. The van der Waals surface area contributed by atoms with E-state index in [0.717, 1.165) is 31.4 Å². The van der Waals surface area contributed by atoms with Gasteiger partial charge in [0, 0.05) is 6.54 Å². The van der Waals surface area contributed by atoms with Crippen LogP contribution in [0.3, 0.4) is 0 Å². The first kappa shape index (κ1) is 17.0. The second-order valence-electron chi connectivity index (χ2n) is 5.01. The van der Waals surface area contributed by atoms with Gasteiger partial charge in [-0.05, 0) is 48.2 Å². The highest BCUT2D eigenvalue weighted by molar-refractivity contribution is 7.17. The van der Waals surface area contributed by atoms with Gasteiger partial charge in [-0.1, -0.05) is 47.5 Å². The molecule has 1 aliphatic rings. The molecule has 0 amide bonds. The summed E-state index contributed by atoms with van der Waals surface area (Å²) in [4.78, 5) is 5.48. The quantitative estimate of drug-likeness (QED) is 0.422. The molecule has 114 valence electrons. The third-order valence-corrected chi connectivity index (χ3v) is 4.80. The minimum Gasteiger partial charge on any atom is -0.297 e. The Morgan fingerprint density at radius 1 is 1.24 bits per heavy atom. The summed E-state index contributed by atoms with van der Waals surface area (Å²) >= 11 is 12.0. The molecule has 1 aromatic rings. The normalized spacial score (nSPS) is 15.9. The average molecular weight is 344 g/mol. The fourth-order valence-electron chi connectivity index (χ4n) is 2.11. The zero-order valence-corrected chi connectivity index (χ0v) is 14.5. The van der Waals surface area contributed by atoms with Gasteiger partial charge in [-0.25, -0.2) is 5.48 Å². The second kappa shape index (κ2) is 8.92. The Hall–Kier alpha value is -0.370. The van der Waals surface area contributed by atoms with Crippen LogP contribution in [0, 0.1) is 0 Å². The van der Waals surface area contributed by atoms with Crippen LogP contribution in [0.5, 0.6) is 0 Å². The van der Waals surface area contributed by atoms with E-state index in [0.29, 0.717) is 22.3 Å². The van der Waals surface area contributed by atoms with Crippen molar-refractivity contribution in [3.63, 3.8) is 0 Å². The van der Waals surface area contributed by atoms with Gasteiger partial charge in [0.1, 0.15) is 0 Å². The van der Waals surface area contributed by atoms with Crippen LogP contribution >= 0.6 is 32.4 Å². The Labute approximate surface area is 138 Å². The van der Waals surface area contributed by atoms with Crippen molar-refractivity contribution in [1.29, 1.82) is 0 Å². The van der Waals surface area contributed by atoms with E-state index in [-0.39, 0.29) is 0 Å². The molecule has 2 unspecified atom stereocenters. The number of hydroxylamine groups is 1. The summed E-state index contributed by atoms with van der Waals surface area (Å²) < 4.78 is 0. The highest BCUT2D eigenvalue weighted by atomic mass is 35.5. The van der Waals surface area contributed by atoms with Gasteiger partial charge in [-0.15, -0.1) is 9.24 Å². The van der Waals surface area contributed by atoms with E-state index in [1.54, 1.807) is 0 Å². The van der Waals surface area contributed by atoms with E-state index in [1.807, 2.05) is 18.2 Å². The molecule has 2 nitrogen and oxygen atoms in total. The van der Waals surface area contributed by atoms with Crippen molar-refractivity contribution >= 4 is 32.4 Å². The fourth-order valence-corrected chi connectivity index (χ4v) is 2.79. The van der Waals surface area contributed by atoms with E-state index in [4.69, 9.17) is 28.0 Å². The number of rotatable bonds is 7. The summed E-state index contributed by atoms with van der Waals surface area (Å²) in [5, 5.41) is 1.19. The van der Waals surface area contributed by atoms with E-state index in [1.165, 1.54) is 5.57 Å². The summed E-state index contributed by atoms with van der Waals surface area (Å²) in [5.74, 6) is 0. The number of benzene rings is 1. The summed E-state index contributed by atoms with van der Waals surface area (Å²) in [5.41, 5.74) is 5.73. The van der Waals surface area contributed by atoms with Crippen molar-refractivity contribution in [3.05, 3.63) is 57.6 Å². The second-order valence-corrected chi connectivity index (χ2v) is 6.63. The molecule has 0 bridgehead atoms. The summed E-state index contributed by atoms with van der Waals surface area (Å²) in [6.45, 7) is 1.40. The van der Waals surface area contributed by atoms with Crippen molar-refractivity contribution in [2.24, 2.45) is 0 Å². The summed E-state index contributed by atoms with van der Waals surface area (Å²) in [6, 6.07) is 5.76. The van der Waals surface area contributed by atoms with E-state index in [2.05, 4.69) is 32.9 Å². The van der Waals surface area contributed by atoms with Gasteiger partial charge >= 0.3 is 0 Å². The van der Waals surface area contributed by atoms with Gasteiger partial charge in [0.05, 0.1) is 16.7 Å². The lowest BCUT2D eigenvalue weighted by Crippen LogP contribution is -2.18. The monoisotopic (exact) mass is 343 g/mol. The van der Waals surface area contributed by atoms with Gasteiger partial charge in [0.25, 0.3) is 0 Å². The molecule has 0 aromatic heterocycles. The van der Waals surface area contributed by atoms with Crippen molar-refractivity contribution < 1.29 is 4.84 Å². The predicted molar refractivity (Wildman–Crippen MR) is 93.9 cm³/mol. The van der Waals surface area contributed by atoms with E-state index >= 15 is 0 Å². The van der Waals surface area contributed by atoms with Gasteiger partial charge in [-0.3, -0.25) is 4.84 Å². The maximum atomic E-state index is 6.03. The molecule has 1 aromatic carbocycles. The number of hydrogen-bond acceptors (Lipinski definition) is 2. The smallest absolute Gasteiger partial charge is 0.0929 e. The molecule has 0 aliphatic heterocycles. The molecular weight excluding hydrogens is 324 g/mol. The van der Waals surface area contributed by atoms with Crippen LogP contribution in [-0.2, 0) is 4.84 Å². The number of halogens is 2. The zero-order chi connectivity index (χ0) is 15.1. The van der Waals surface area contributed by atoms with Crippen LogP contribution in [0.4, 0.5) is 0 Å². The van der Waals surface area contributed by atoms with Crippen LogP contribution in [-0.4, -0.2) is 13.2 Å². The first-order valence-corrected chi connectivity index (χ1v) is 8.50. The molecule has 0 saturated heterocycles. The maximum absolute atomic E-state index is 6.03. The predicted octanol–water partition coefficient (Wildman–Crippen LogP) is 5.10. The van der Waals surface area contributed by atoms with E-state index < -0.39 is 0 Å². The van der Waals surface area contributed by atoms with Crippen molar-refractivity contribution in [2.75, 3.05) is 13.2 Å². The summed E-state index contributed by atoms with van der Waals surface area (Å²) in [6.07, 6.45) is 9.71. The van der Waals surface area contributed by atoms with E-state index in [9.17, 15) is 0 Å². The lowest BCUT2D eigenvalue weighted by Gasteiger charge is -2.14. The number of nitrogens with one attached hydrogen (secondary N) is 1. The largest absolute Gasteiger partial charge is 0.297 e. The van der Waals surface area contributed by atoms with Gasteiger partial charge < -0.3 is 0 Å². The van der Waals surface area contributed by atoms with Crippen LogP contribution in [0.25, 0.3) is 0 Å². The van der Waals surface area contributed by atoms with Crippen molar-refractivity contribution in [2.45, 2.75) is 24.9 Å². The van der Waals surface area contributed by atoms with Crippen molar-refractivity contribution in [3.8, 4) is 0 Å². The molecule has 21 heavy (non-hydrogen) atoms. The first-order chi connectivity index (χ1) is 10.2. The Bertz CT molecular complexity index is 531. The Morgan fingerprint density at radius 3 is 2.81 bits per heavy atom. The average Bonchev–Trinajstić information content (AvgIpc) is 2.50. The highest BCUT2D eigenvalue weighted by Gasteiger charge is 2.08. The Morgan fingerprint density at radius 2 is 2.10 bits per heavy atom. The molecule has 2 atom stereocenters. The minimum absolute atomic E-state index is 0.324. The molecule has 2 rings (SSSR count). The van der Waals surface area contributed by atoms with Gasteiger partial charge in [-0.2, -0.15) is 0 Å². The third-order valence-electron chi connectivity index (χ3n) is 3.34. The van der Waals surface area contributed by atoms with Crippen LogP contribution in [0.2, 0.25) is 10.0 Å². The lowest BCUT2D eigenvalue weighted by atomic mass is 10.1. The molecule has 0 spiro atoms. The Kier molecular flexibility index (Phi) is 7.22. The highest BCUT2D eigenvalue weighted by Crippen LogP contribution is 2.31. The number of allylic oxidation sites excluding steroid dienone is 2. The lowest BCUT2D eigenvalue weighted by molar-refractivity contribution is 0.0584. The topological polar surface area (TPSA) is 21.3 Å². The molecular formula is C16H20Cl2NOP. The van der Waals surface area contributed by atoms with Crippen LogP contribution in [0.1, 0.15) is 30.5 Å². The minimum atomic E-state index is 0.324. The molecule has 0 fully saturated rings. The maximum Gasteiger partial charge on any atom is 0.0929 e. The molecule has 5 heteroatoms. The van der Waals surface area contributed by atoms with Gasteiger partial charge in [0.15, 0.2) is 0 Å². The molecule has 1 aliphatic carbocycles. The third kappa shape index (κ3) is 5.73. The van der Waals surface area contributed by atoms with Crippen LogP contribution < -0.4 is 5.48 Å². The zero-order valence-electron chi connectivity index (χ0n) is 11.8. The molecule has 0 radical (unpaired) electrons. The molecule has 0 saturated carbocycles. The standard InChI is InChI=1S/C16H20Cl2NOP/c17-14-7-6-13(10-15(14)18)16(21)8-9-19-20-11-12-4-2-1-3-5-12/h2,4-7,10,16,19H,1,3,8-9,11,21H2. The van der Waals surface area contributed by atoms with Crippen molar-refractivity contribution in [1.82, 2.24) is 5.48 Å². The number of hydrogen-bond donors (Lipinski definition) is 1. The molecule has 1 N–H and O–H groups in total.